The van der Waals surface area contributed by atoms with Gasteiger partial charge in [-0.15, -0.1) is 0 Å². The minimum atomic E-state index is -1.74. The molecule has 1 aromatic rings. The number of phenols is 1. The number of aromatic carboxylic acids is 1. The number of carboxylic acids is 1. The summed E-state index contributed by atoms with van der Waals surface area (Å²) in [6.07, 6.45) is 1.69. The summed E-state index contributed by atoms with van der Waals surface area (Å²) in [6.45, 7) is 1.88. The molecule has 1 aromatic carbocycles. The molecule has 9 nitrogen and oxygen atoms in total. The first kappa shape index (κ1) is 23.3. The minimum absolute atomic E-state index is 0.00330. The lowest BCUT2D eigenvalue weighted by atomic mass is 9.81. The molecule has 11 heteroatoms. The summed E-state index contributed by atoms with van der Waals surface area (Å²) in [5.41, 5.74) is 5.50. The van der Waals surface area contributed by atoms with Crippen molar-refractivity contribution in [3.05, 3.63) is 23.3 Å². The Kier molecular flexibility index (Phi) is 8.63. The van der Waals surface area contributed by atoms with Gasteiger partial charge < -0.3 is 35.6 Å². The van der Waals surface area contributed by atoms with Crippen LogP contribution in [0.1, 0.15) is 28.8 Å². The van der Waals surface area contributed by atoms with Crippen molar-refractivity contribution in [1.29, 1.82) is 0 Å². The molecular formula is C18H27BN2O7S. The first-order valence-electron chi connectivity index (χ1n) is 9.36. The van der Waals surface area contributed by atoms with Gasteiger partial charge in [-0.05, 0) is 43.4 Å². The first-order valence-corrected chi connectivity index (χ1v) is 10.4. The average molecular weight is 426 g/mol. The normalized spacial score (nSPS) is 15.8. The van der Waals surface area contributed by atoms with Crippen LogP contribution in [0, 0.1) is 5.92 Å². The number of carbonyl (C=O) groups excluding carboxylic acids is 1. The van der Waals surface area contributed by atoms with E-state index in [9.17, 15) is 29.9 Å². The molecule has 6 N–H and O–H groups in total. The monoisotopic (exact) mass is 426 g/mol. The molecule has 0 aromatic heterocycles. The molecule has 1 amide bonds. The molecular weight excluding hydrogens is 399 g/mol. The number of thioether (sulfide) groups is 1. The van der Waals surface area contributed by atoms with Gasteiger partial charge in [0.25, 0.3) is 0 Å². The van der Waals surface area contributed by atoms with Gasteiger partial charge >= 0.3 is 13.1 Å². The lowest BCUT2D eigenvalue weighted by Crippen LogP contribution is -2.41. The van der Waals surface area contributed by atoms with E-state index >= 15 is 0 Å². The van der Waals surface area contributed by atoms with Crippen molar-refractivity contribution in [2.45, 2.75) is 24.4 Å². The molecule has 1 fully saturated rings. The molecule has 0 spiro atoms. The van der Waals surface area contributed by atoms with E-state index in [1.165, 1.54) is 19.2 Å². The fourth-order valence-corrected chi connectivity index (χ4v) is 4.32. The summed E-state index contributed by atoms with van der Waals surface area (Å²) < 4.78 is 4.95. The van der Waals surface area contributed by atoms with Crippen LogP contribution in [0.3, 0.4) is 0 Å². The summed E-state index contributed by atoms with van der Waals surface area (Å²) in [6, 6.07) is 2.87. The number of methoxy groups -OCH3 is 1. The van der Waals surface area contributed by atoms with Crippen LogP contribution in [-0.2, 0) is 11.2 Å². The van der Waals surface area contributed by atoms with E-state index in [1.54, 1.807) is 4.90 Å². The maximum atomic E-state index is 12.4. The molecule has 0 unspecified atom stereocenters. The van der Waals surface area contributed by atoms with Crippen molar-refractivity contribution in [2.75, 3.05) is 32.5 Å². The average Bonchev–Trinajstić information content (AvgIpc) is 2.71. The highest BCUT2D eigenvalue weighted by Crippen LogP contribution is 2.33. The molecule has 2 rings (SSSR count). The van der Waals surface area contributed by atoms with Crippen molar-refractivity contribution in [3.8, 4) is 11.5 Å². The highest BCUT2D eigenvalue weighted by Gasteiger charge is 2.30. The Hall–Kier alpha value is -1.95. The second kappa shape index (κ2) is 10.7. The van der Waals surface area contributed by atoms with Gasteiger partial charge in [-0.2, -0.15) is 11.8 Å². The second-order valence-electron chi connectivity index (χ2n) is 6.98. The van der Waals surface area contributed by atoms with Gasteiger partial charge in [-0.25, -0.2) is 4.79 Å². The molecule has 29 heavy (non-hydrogen) atoms. The molecule has 0 bridgehead atoms. The Morgan fingerprint density at radius 2 is 2.00 bits per heavy atom. The lowest BCUT2D eigenvalue weighted by molar-refractivity contribution is -0.129. The SMILES string of the molecule is COc1ccc(C[C@H](SCC(=O)N2CCC(CN)CC2)B(O)O)c(O)c1C(=O)O. The molecule has 0 aliphatic carbocycles. The summed E-state index contributed by atoms with van der Waals surface area (Å²) in [4.78, 5) is 25.6. The number of aromatic hydroxyl groups is 1. The molecule has 1 heterocycles. The number of amides is 1. The van der Waals surface area contributed by atoms with Crippen LogP contribution in [0.15, 0.2) is 12.1 Å². The number of carboxylic acid groups (broad SMARTS) is 1. The number of ether oxygens (including phenoxy) is 1. The summed E-state index contributed by atoms with van der Waals surface area (Å²) in [5, 5.41) is 38.2. The van der Waals surface area contributed by atoms with Crippen molar-refractivity contribution < 1.29 is 34.6 Å². The van der Waals surface area contributed by atoms with Crippen LogP contribution >= 0.6 is 11.8 Å². The maximum absolute atomic E-state index is 12.4. The third-order valence-electron chi connectivity index (χ3n) is 5.13. The number of rotatable bonds is 9. The number of benzene rings is 1. The zero-order valence-corrected chi connectivity index (χ0v) is 17.1. The fraction of sp³-hybridized carbons (Fsp3) is 0.556. The Morgan fingerprint density at radius 3 is 2.52 bits per heavy atom. The summed E-state index contributed by atoms with van der Waals surface area (Å²) >= 11 is 1.06. The molecule has 0 saturated carbocycles. The Labute approximate surface area is 174 Å². The van der Waals surface area contributed by atoms with E-state index < -0.39 is 24.0 Å². The van der Waals surface area contributed by atoms with Gasteiger partial charge in [-0.3, -0.25) is 4.79 Å². The van der Waals surface area contributed by atoms with Crippen molar-refractivity contribution >= 4 is 30.8 Å². The van der Waals surface area contributed by atoms with Gasteiger partial charge in [0.15, 0.2) is 0 Å². The van der Waals surface area contributed by atoms with E-state index in [4.69, 9.17) is 10.5 Å². The molecule has 1 aliphatic rings. The summed E-state index contributed by atoms with van der Waals surface area (Å²) in [5.74, 6) is -1.45. The molecule has 0 radical (unpaired) electrons. The van der Waals surface area contributed by atoms with Crippen LogP contribution < -0.4 is 10.5 Å². The van der Waals surface area contributed by atoms with Crippen molar-refractivity contribution in [1.82, 2.24) is 4.90 Å². The smallest absolute Gasteiger partial charge is 0.465 e. The Morgan fingerprint density at radius 1 is 1.34 bits per heavy atom. The zero-order chi connectivity index (χ0) is 21.6. The predicted octanol–water partition coefficient (Wildman–Crippen LogP) is -0.0474. The van der Waals surface area contributed by atoms with E-state index in [0.29, 0.717) is 25.6 Å². The quantitative estimate of drug-likeness (QED) is 0.342. The number of carbonyl (C=O) groups is 2. The van der Waals surface area contributed by atoms with Crippen LogP contribution in [0.25, 0.3) is 0 Å². The molecule has 1 atom stereocenters. The number of hydrogen-bond acceptors (Lipinski definition) is 8. The number of hydrogen-bond donors (Lipinski definition) is 5. The van der Waals surface area contributed by atoms with Crippen LogP contribution in [0.4, 0.5) is 0 Å². The largest absolute Gasteiger partial charge is 0.507 e. The number of piperidine rings is 1. The zero-order valence-electron chi connectivity index (χ0n) is 16.3. The van der Waals surface area contributed by atoms with Gasteiger partial charge in [0, 0.05) is 18.2 Å². The highest BCUT2D eigenvalue weighted by atomic mass is 32.2. The third-order valence-corrected chi connectivity index (χ3v) is 6.38. The lowest BCUT2D eigenvalue weighted by Gasteiger charge is -2.31. The highest BCUT2D eigenvalue weighted by molar-refractivity contribution is 8.01. The van der Waals surface area contributed by atoms with Crippen LogP contribution in [0.5, 0.6) is 11.5 Å². The molecule has 1 aliphatic heterocycles. The topological polar surface area (TPSA) is 154 Å². The van der Waals surface area contributed by atoms with Crippen LogP contribution in [0.2, 0.25) is 0 Å². The number of nitrogens with zero attached hydrogens (tertiary/aromatic N) is 1. The fourth-order valence-electron chi connectivity index (χ4n) is 3.31. The second-order valence-corrected chi connectivity index (χ2v) is 8.21. The van der Waals surface area contributed by atoms with E-state index in [2.05, 4.69) is 0 Å². The standard InChI is InChI=1S/C18H27BN2O7S/c1-28-13-3-2-12(17(23)16(13)18(24)25)8-14(19(26)27)29-10-15(22)21-6-4-11(9-20)5-7-21/h2-3,11,14,23,26-27H,4-10,20H2,1H3,(H,24,25)/t14-/m0/s1. The van der Waals surface area contributed by atoms with Gasteiger partial charge in [0.1, 0.15) is 17.1 Å². The predicted molar refractivity (Wildman–Crippen MR) is 110 cm³/mol. The number of nitrogens with two attached hydrogens (primary N) is 1. The molecule has 1 saturated heterocycles. The van der Waals surface area contributed by atoms with E-state index in [-0.39, 0.29) is 35.0 Å². The van der Waals surface area contributed by atoms with E-state index in [0.717, 1.165) is 24.6 Å². The Balaban J connectivity index is 2.03. The third kappa shape index (κ3) is 6.02. The van der Waals surface area contributed by atoms with E-state index in [1.807, 2.05) is 0 Å². The minimum Gasteiger partial charge on any atom is -0.507 e. The molecule has 160 valence electrons. The summed E-state index contributed by atoms with van der Waals surface area (Å²) in [7, 11) is -0.454. The van der Waals surface area contributed by atoms with Crippen LogP contribution in [-0.4, -0.2) is 81.8 Å². The Bertz CT molecular complexity index is 726. The van der Waals surface area contributed by atoms with Crippen molar-refractivity contribution in [3.63, 3.8) is 0 Å². The van der Waals surface area contributed by atoms with Gasteiger partial charge in [0.05, 0.1) is 12.9 Å². The maximum Gasteiger partial charge on any atom is 0.465 e. The van der Waals surface area contributed by atoms with Crippen molar-refractivity contribution in [2.24, 2.45) is 11.7 Å². The van der Waals surface area contributed by atoms with Gasteiger partial charge in [0.2, 0.25) is 5.91 Å². The first-order chi connectivity index (χ1) is 13.8. The van der Waals surface area contributed by atoms with Gasteiger partial charge in [-0.1, -0.05) is 6.07 Å². The number of likely N-dealkylation sites (tertiary alicyclic amines) is 1.